The lowest BCUT2D eigenvalue weighted by molar-refractivity contribution is 0.556. The zero-order valence-electron chi connectivity index (χ0n) is 38.5. The number of hydrogen-bond donors (Lipinski definition) is 0. The lowest BCUT2D eigenvalue weighted by atomic mass is 10.0. The maximum absolute atomic E-state index is 2.60. The number of para-hydroxylation sites is 1. The molecule has 0 spiro atoms. The van der Waals surface area contributed by atoms with Crippen molar-refractivity contribution in [3.63, 3.8) is 0 Å². The van der Waals surface area contributed by atoms with Gasteiger partial charge in [0.15, 0.2) is 0 Å². The molecule has 7 heterocycles. The van der Waals surface area contributed by atoms with Crippen LogP contribution in [0.15, 0.2) is 78.9 Å². The second kappa shape index (κ2) is 23.6. The van der Waals surface area contributed by atoms with Crippen molar-refractivity contribution in [3.8, 4) is 44.7 Å². The summed E-state index contributed by atoms with van der Waals surface area (Å²) < 4.78 is 5.31. The molecular weight excluding hydrogens is 879 g/mol. The summed E-state index contributed by atoms with van der Waals surface area (Å²) in [5, 5.41) is 0. The van der Waals surface area contributed by atoms with Gasteiger partial charge < -0.3 is 4.57 Å². The molecule has 0 aliphatic heterocycles. The molecule has 8 rings (SSSR count). The first-order valence-corrected chi connectivity index (χ1v) is 29.4. The number of hydrogen-bond acceptors (Lipinski definition) is 6. The van der Waals surface area contributed by atoms with Crippen LogP contribution in [0.25, 0.3) is 65.1 Å². The third-order valence-corrected chi connectivity index (χ3v) is 20.3. The van der Waals surface area contributed by atoms with Crippen molar-refractivity contribution in [1.82, 2.24) is 4.57 Å². The van der Waals surface area contributed by atoms with E-state index in [2.05, 4.69) is 134 Å². The van der Waals surface area contributed by atoms with Crippen LogP contribution in [0.1, 0.15) is 163 Å². The smallest absolute Gasteiger partial charge is 0.0711 e. The summed E-state index contributed by atoms with van der Waals surface area (Å²) in [6.45, 7) is 9.17. The van der Waals surface area contributed by atoms with Gasteiger partial charge in [0, 0.05) is 54.5 Å². The average Bonchev–Trinajstić information content (AvgIpc) is 4.16. The highest BCUT2D eigenvalue weighted by Gasteiger charge is 2.22. The molecule has 7 aromatic heterocycles. The van der Waals surface area contributed by atoms with E-state index in [1.807, 2.05) is 45.3 Å². The molecular formula is C56H69NS6. The predicted molar refractivity (Wildman–Crippen MR) is 290 cm³/mol. The first-order chi connectivity index (χ1) is 31.0. The van der Waals surface area contributed by atoms with Gasteiger partial charge in [0.25, 0.3) is 0 Å². The quantitative estimate of drug-likeness (QED) is 0.0453. The van der Waals surface area contributed by atoms with E-state index in [1.165, 1.54) is 206 Å². The Bertz CT molecular complexity index is 2590. The van der Waals surface area contributed by atoms with Crippen LogP contribution in [0, 0.1) is 13.8 Å². The molecule has 8 aromatic rings. The van der Waals surface area contributed by atoms with E-state index < -0.39 is 0 Å². The largest absolute Gasteiger partial charge is 0.307 e. The minimum absolute atomic E-state index is 1.19. The van der Waals surface area contributed by atoms with E-state index in [0.29, 0.717) is 0 Å². The summed E-state index contributed by atoms with van der Waals surface area (Å²) in [5.74, 6) is 0. The van der Waals surface area contributed by atoms with Crippen molar-refractivity contribution in [2.45, 2.75) is 169 Å². The molecule has 0 N–H and O–H groups in total. The highest BCUT2D eigenvalue weighted by atomic mass is 32.1. The number of nitrogens with zero attached hydrogens (tertiary/aromatic N) is 1. The SMILES string of the molecule is CCCCCCCCCCCCc1cc(C)sc1-c1sc(-c2ccc(-c3cc4c(s3)c3sc(-c5ccc(C)s5)cc3n4-c3ccccc3)s2)cc1CCCCCCCCCCCC. The van der Waals surface area contributed by atoms with Gasteiger partial charge in [-0.05, 0) is 111 Å². The highest BCUT2D eigenvalue weighted by Crippen LogP contribution is 2.50. The number of unbranched alkanes of at least 4 members (excludes halogenated alkanes) is 18. The van der Waals surface area contributed by atoms with Gasteiger partial charge in [-0.1, -0.05) is 148 Å². The number of rotatable bonds is 27. The summed E-state index contributed by atoms with van der Waals surface area (Å²) in [4.78, 5) is 14.3. The molecule has 0 amide bonds. The van der Waals surface area contributed by atoms with Crippen molar-refractivity contribution < 1.29 is 0 Å². The molecule has 7 heteroatoms. The molecule has 1 nitrogen and oxygen atoms in total. The molecule has 0 unspecified atom stereocenters. The monoisotopic (exact) mass is 947 g/mol. The molecule has 0 atom stereocenters. The third-order valence-electron chi connectivity index (χ3n) is 12.7. The second-order valence-corrected chi connectivity index (χ2v) is 24.7. The van der Waals surface area contributed by atoms with Gasteiger partial charge in [-0.3, -0.25) is 0 Å². The molecule has 63 heavy (non-hydrogen) atoms. The number of benzene rings is 1. The summed E-state index contributed by atoms with van der Waals surface area (Å²) >= 11 is 11.9. The summed E-state index contributed by atoms with van der Waals surface area (Å²) in [5.41, 5.74) is 7.07. The number of fused-ring (bicyclic) bond motifs is 3. The Kier molecular flexibility index (Phi) is 17.5. The topological polar surface area (TPSA) is 4.93 Å². The van der Waals surface area contributed by atoms with Crippen molar-refractivity contribution in [2.24, 2.45) is 0 Å². The maximum atomic E-state index is 2.60. The number of aryl methyl sites for hydroxylation is 4. The zero-order valence-corrected chi connectivity index (χ0v) is 43.4. The number of thiophene rings is 6. The minimum atomic E-state index is 1.19. The van der Waals surface area contributed by atoms with Crippen LogP contribution in [-0.4, -0.2) is 4.57 Å². The van der Waals surface area contributed by atoms with Crippen LogP contribution in [0.3, 0.4) is 0 Å². The molecule has 0 radical (unpaired) electrons. The molecule has 0 aliphatic carbocycles. The van der Waals surface area contributed by atoms with Gasteiger partial charge >= 0.3 is 0 Å². The third kappa shape index (κ3) is 12.0. The van der Waals surface area contributed by atoms with Gasteiger partial charge in [-0.25, -0.2) is 0 Å². The van der Waals surface area contributed by atoms with Crippen molar-refractivity contribution >= 4 is 88.5 Å². The molecule has 0 aliphatic rings. The Hall–Kier alpha value is -2.78. The molecule has 0 fully saturated rings. The number of aromatic nitrogens is 1. The second-order valence-electron chi connectivity index (χ2n) is 17.9. The summed E-state index contributed by atoms with van der Waals surface area (Å²) in [6.07, 6.45) is 30.2. The molecule has 0 saturated heterocycles. The Morgan fingerprint density at radius 2 is 0.810 bits per heavy atom. The van der Waals surface area contributed by atoms with E-state index >= 15 is 0 Å². The van der Waals surface area contributed by atoms with Crippen LogP contribution < -0.4 is 0 Å². The minimum Gasteiger partial charge on any atom is -0.307 e. The molecule has 0 saturated carbocycles. The van der Waals surface area contributed by atoms with E-state index in [4.69, 9.17) is 0 Å². The van der Waals surface area contributed by atoms with Crippen LogP contribution in [0.2, 0.25) is 0 Å². The van der Waals surface area contributed by atoms with Gasteiger partial charge in [0.05, 0.1) is 20.4 Å². The van der Waals surface area contributed by atoms with Crippen LogP contribution >= 0.6 is 68.0 Å². The predicted octanol–water partition coefficient (Wildman–Crippen LogP) is 21.4. The maximum Gasteiger partial charge on any atom is 0.0711 e. The lowest BCUT2D eigenvalue weighted by Gasteiger charge is -2.07. The highest BCUT2D eigenvalue weighted by molar-refractivity contribution is 7.33. The first-order valence-electron chi connectivity index (χ1n) is 24.5. The van der Waals surface area contributed by atoms with Crippen molar-refractivity contribution in [1.29, 1.82) is 0 Å². The normalized spacial score (nSPS) is 11.9. The van der Waals surface area contributed by atoms with Gasteiger partial charge in [0.2, 0.25) is 0 Å². The lowest BCUT2D eigenvalue weighted by Crippen LogP contribution is -1.91. The Balaban J connectivity index is 1.02. The summed E-state index contributed by atoms with van der Waals surface area (Å²) in [7, 11) is 0. The van der Waals surface area contributed by atoms with Gasteiger partial charge in [-0.2, -0.15) is 0 Å². The summed E-state index contributed by atoms with van der Waals surface area (Å²) in [6, 6.07) is 30.3. The van der Waals surface area contributed by atoms with Crippen LogP contribution in [0.5, 0.6) is 0 Å². The fraction of sp³-hybridized carbons (Fsp3) is 0.464. The van der Waals surface area contributed by atoms with Crippen LogP contribution in [-0.2, 0) is 12.8 Å². The fourth-order valence-corrected chi connectivity index (χ4v) is 16.3. The zero-order chi connectivity index (χ0) is 43.4. The molecule has 334 valence electrons. The fourth-order valence-electron chi connectivity index (χ4n) is 9.30. The van der Waals surface area contributed by atoms with Crippen LogP contribution in [0.4, 0.5) is 0 Å². The van der Waals surface area contributed by atoms with Crippen molar-refractivity contribution in [3.05, 3.63) is 99.7 Å². The Morgan fingerprint density at radius 3 is 1.32 bits per heavy atom. The van der Waals surface area contributed by atoms with Gasteiger partial charge in [0.1, 0.15) is 0 Å². The van der Waals surface area contributed by atoms with Crippen molar-refractivity contribution in [2.75, 3.05) is 0 Å². The van der Waals surface area contributed by atoms with E-state index in [0.717, 1.165) is 0 Å². The standard InChI is InChI=1S/C56H69NS6/c1-5-7-9-11-13-15-17-19-21-24-28-42-36-41(4)59-53(42)54-43(29-25-22-20-18-16-14-12-10-8-6-2)37-50(61-54)48-34-35-49(60-48)52-39-46-56(63-52)55-45(57(46)44-30-26-23-27-31-44)38-51(62-55)47-33-32-40(3)58-47/h23,26-27,30-39H,5-22,24-25,28-29H2,1-4H3. The van der Waals surface area contributed by atoms with E-state index in [1.54, 1.807) is 20.9 Å². The average molecular weight is 949 g/mol. The van der Waals surface area contributed by atoms with E-state index in [9.17, 15) is 0 Å². The Morgan fingerprint density at radius 1 is 0.365 bits per heavy atom. The van der Waals surface area contributed by atoms with E-state index in [-0.39, 0.29) is 0 Å². The van der Waals surface area contributed by atoms with Gasteiger partial charge in [-0.15, -0.1) is 68.0 Å². The Labute approximate surface area is 403 Å². The molecule has 0 bridgehead atoms. The first kappa shape index (κ1) is 46.7. The molecule has 1 aromatic carbocycles.